The van der Waals surface area contributed by atoms with E-state index in [4.69, 9.17) is 23.2 Å². The Bertz CT molecular complexity index is 366. The first-order valence-electron chi connectivity index (χ1n) is 5.40. The second-order valence-electron chi connectivity index (χ2n) is 3.63. The van der Waals surface area contributed by atoms with Crippen LogP contribution in [0.4, 0.5) is 11.4 Å². The number of amides is 1. The van der Waals surface area contributed by atoms with Gasteiger partial charge in [-0.3, -0.25) is 4.79 Å². The Morgan fingerprint density at radius 1 is 1.29 bits per heavy atom. The summed E-state index contributed by atoms with van der Waals surface area (Å²) in [5, 5.41) is 2.65. The van der Waals surface area contributed by atoms with Gasteiger partial charge in [-0.15, -0.1) is 23.2 Å². The first-order valence-corrected chi connectivity index (χ1v) is 6.47. The van der Waals surface area contributed by atoms with Gasteiger partial charge in [-0.2, -0.15) is 0 Å². The average Bonchev–Trinajstić information content (AvgIpc) is 2.32. The molecule has 1 aromatic carbocycles. The van der Waals surface area contributed by atoms with E-state index in [9.17, 15) is 4.79 Å². The quantitative estimate of drug-likeness (QED) is 0.613. The van der Waals surface area contributed by atoms with E-state index in [0.717, 1.165) is 30.0 Å². The summed E-state index contributed by atoms with van der Waals surface area (Å²) in [5.41, 5.74) is 2.91. The van der Waals surface area contributed by atoms with Gasteiger partial charge in [0.1, 0.15) is 0 Å². The highest BCUT2D eigenvalue weighted by molar-refractivity contribution is 6.18. The van der Waals surface area contributed by atoms with Crippen LogP contribution in [0.15, 0.2) is 18.2 Å². The molecule has 0 unspecified atom stereocenters. The molecule has 3 nitrogen and oxygen atoms in total. The molecule has 0 aromatic heterocycles. The smallest absolute Gasteiger partial charge is 0.211 e. The number of rotatable bonds is 7. The van der Waals surface area contributed by atoms with Crippen LogP contribution in [-0.2, 0) is 4.79 Å². The molecular weight excluding hydrogens is 259 g/mol. The average molecular weight is 275 g/mol. The molecule has 0 atom stereocenters. The van der Waals surface area contributed by atoms with Crippen LogP contribution in [-0.4, -0.2) is 31.3 Å². The van der Waals surface area contributed by atoms with Crippen LogP contribution in [0.2, 0.25) is 0 Å². The van der Waals surface area contributed by atoms with Gasteiger partial charge in [0.15, 0.2) is 0 Å². The van der Waals surface area contributed by atoms with Crippen molar-refractivity contribution in [3.05, 3.63) is 23.8 Å². The van der Waals surface area contributed by atoms with Crippen molar-refractivity contribution in [2.24, 2.45) is 0 Å². The Balaban J connectivity index is 2.88. The third kappa shape index (κ3) is 4.10. The Kier molecular flexibility index (Phi) is 6.16. The van der Waals surface area contributed by atoms with Gasteiger partial charge in [0, 0.05) is 36.2 Å². The maximum absolute atomic E-state index is 10.4. The Morgan fingerprint density at radius 2 is 1.94 bits per heavy atom. The molecule has 17 heavy (non-hydrogen) atoms. The van der Waals surface area contributed by atoms with Crippen LogP contribution in [0.1, 0.15) is 5.56 Å². The van der Waals surface area contributed by atoms with E-state index < -0.39 is 0 Å². The zero-order valence-corrected chi connectivity index (χ0v) is 11.3. The molecule has 0 saturated carbocycles. The fourth-order valence-electron chi connectivity index (χ4n) is 1.64. The summed E-state index contributed by atoms with van der Waals surface area (Å²) in [5.74, 6) is 1.12. The van der Waals surface area contributed by atoms with Crippen molar-refractivity contribution in [1.82, 2.24) is 0 Å². The van der Waals surface area contributed by atoms with Gasteiger partial charge in [-0.1, -0.05) is 0 Å². The van der Waals surface area contributed by atoms with Crippen LogP contribution >= 0.6 is 23.2 Å². The fourth-order valence-corrected chi connectivity index (χ4v) is 2.05. The number of anilines is 2. The van der Waals surface area contributed by atoms with Crippen molar-refractivity contribution in [3.8, 4) is 0 Å². The number of hydrogen-bond acceptors (Lipinski definition) is 2. The molecule has 0 spiro atoms. The molecule has 0 bridgehead atoms. The second kappa shape index (κ2) is 7.41. The van der Waals surface area contributed by atoms with Crippen molar-refractivity contribution in [2.75, 3.05) is 35.1 Å². The van der Waals surface area contributed by atoms with E-state index >= 15 is 0 Å². The summed E-state index contributed by atoms with van der Waals surface area (Å²) in [6, 6.07) is 5.86. The van der Waals surface area contributed by atoms with Crippen LogP contribution < -0.4 is 10.2 Å². The molecule has 5 heteroatoms. The lowest BCUT2D eigenvalue weighted by Crippen LogP contribution is -2.27. The van der Waals surface area contributed by atoms with Crippen LogP contribution in [0.3, 0.4) is 0 Å². The summed E-state index contributed by atoms with van der Waals surface area (Å²) in [6.07, 6.45) is 0.678. The van der Waals surface area contributed by atoms with E-state index in [2.05, 4.69) is 10.2 Å². The molecule has 1 rings (SSSR count). The van der Waals surface area contributed by atoms with Crippen LogP contribution in [0.25, 0.3) is 0 Å². The number of benzene rings is 1. The minimum absolute atomic E-state index is 0.560. The van der Waals surface area contributed by atoms with Crippen molar-refractivity contribution in [1.29, 1.82) is 0 Å². The van der Waals surface area contributed by atoms with E-state index in [1.54, 1.807) is 0 Å². The topological polar surface area (TPSA) is 32.3 Å². The molecule has 0 radical (unpaired) electrons. The fraction of sp³-hybridized carbons (Fsp3) is 0.417. The highest BCUT2D eigenvalue weighted by Gasteiger charge is 2.07. The Morgan fingerprint density at radius 3 is 2.41 bits per heavy atom. The second-order valence-corrected chi connectivity index (χ2v) is 4.38. The molecule has 1 amide bonds. The predicted molar refractivity (Wildman–Crippen MR) is 74.5 cm³/mol. The largest absolute Gasteiger partial charge is 0.369 e. The van der Waals surface area contributed by atoms with Gasteiger partial charge in [-0.05, 0) is 30.7 Å². The third-order valence-corrected chi connectivity index (χ3v) is 2.84. The number of halogens is 2. The van der Waals surface area contributed by atoms with E-state index in [1.807, 2.05) is 25.1 Å². The summed E-state index contributed by atoms with van der Waals surface area (Å²) in [7, 11) is 0. The number of aryl methyl sites for hydroxylation is 1. The highest BCUT2D eigenvalue weighted by Crippen LogP contribution is 2.22. The van der Waals surface area contributed by atoms with E-state index in [-0.39, 0.29) is 0 Å². The minimum atomic E-state index is 0.560. The molecule has 94 valence electrons. The van der Waals surface area contributed by atoms with E-state index in [1.165, 1.54) is 0 Å². The first-order chi connectivity index (χ1) is 8.22. The summed E-state index contributed by atoms with van der Waals surface area (Å²) in [4.78, 5) is 12.5. The maximum Gasteiger partial charge on any atom is 0.211 e. The van der Waals surface area contributed by atoms with Crippen molar-refractivity contribution < 1.29 is 4.79 Å². The standard InChI is InChI=1S/C12H16Cl2N2O/c1-10-8-11(2-3-12(10)15-9-17)16(6-4-13)7-5-14/h2-3,8-9H,4-7H2,1H3,(H,15,17). The van der Waals surface area contributed by atoms with E-state index in [0.29, 0.717) is 18.2 Å². The maximum atomic E-state index is 10.4. The zero-order chi connectivity index (χ0) is 12.7. The lowest BCUT2D eigenvalue weighted by atomic mass is 10.1. The van der Waals surface area contributed by atoms with Crippen molar-refractivity contribution >= 4 is 41.0 Å². The van der Waals surface area contributed by atoms with Crippen LogP contribution in [0, 0.1) is 6.92 Å². The number of hydrogen-bond donors (Lipinski definition) is 1. The number of carbonyl (C=O) groups is 1. The monoisotopic (exact) mass is 274 g/mol. The molecule has 0 saturated heterocycles. The minimum Gasteiger partial charge on any atom is -0.369 e. The summed E-state index contributed by atoms with van der Waals surface area (Å²) >= 11 is 11.5. The zero-order valence-electron chi connectivity index (χ0n) is 9.75. The van der Waals surface area contributed by atoms with Crippen molar-refractivity contribution in [3.63, 3.8) is 0 Å². The van der Waals surface area contributed by atoms with Crippen molar-refractivity contribution in [2.45, 2.75) is 6.92 Å². The Hall–Kier alpha value is -0.930. The SMILES string of the molecule is Cc1cc(N(CCCl)CCCl)ccc1NC=O. The van der Waals surface area contributed by atoms with Gasteiger partial charge < -0.3 is 10.2 Å². The molecule has 1 N–H and O–H groups in total. The highest BCUT2D eigenvalue weighted by atomic mass is 35.5. The molecular formula is C12H16Cl2N2O. The summed E-state index contributed by atoms with van der Waals surface area (Å²) < 4.78 is 0. The van der Waals surface area contributed by atoms with Gasteiger partial charge in [0.05, 0.1) is 0 Å². The molecule has 0 aliphatic heterocycles. The summed E-state index contributed by atoms with van der Waals surface area (Å²) in [6.45, 7) is 3.47. The van der Waals surface area contributed by atoms with Gasteiger partial charge in [-0.25, -0.2) is 0 Å². The van der Waals surface area contributed by atoms with Gasteiger partial charge in [0.2, 0.25) is 6.41 Å². The first kappa shape index (κ1) is 14.1. The normalized spacial score (nSPS) is 10.1. The van der Waals surface area contributed by atoms with Crippen LogP contribution in [0.5, 0.6) is 0 Å². The predicted octanol–water partition coefficient (Wildman–Crippen LogP) is 2.85. The molecule has 0 aliphatic carbocycles. The lowest BCUT2D eigenvalue weighted by Gasteiger charge is -2.23. The third-order valence-electron chi connectivity index (χ3n) is 2.50. The Labute approximate surface area is 112 Å². The number of nitrogens with one attached hydrogen (secondary N) is 1. The molecule has 0 fully saturated rings. The van der Waals surface area contributed by atoms with Gasteiger partial charge in [0.25, 0.3) is 0 Å². The lowest BCUT2D eigenvalue weighted by molar-refractivity contribution is -0.105. The number of carbonyl (C=O) groups excluding carboxylic acids is 1. The van der Waals surface area contributed by atoms with Gasteiger partial charge >= 0.3 is 0 Å². The molecule has 0 aliphatic rings. The number of alkyl halides is 2. The molecule has 1 aromatic rings. The number of nitrogens with zero attached hydrogens (tertiary/aromatic N) is 1. The molecule has 0 heterocycles.